The maximum absolute atomic E-state index is 5.68. The van der Waals surface area contributed by atoms with Gasteiger partial charge in [0.15, 0.2) is 0 Å². The third kappa shape index (κ3) is 3.64. The number of ether oxygens (including phenoxy) is 1. The molecule has 0 heterocycles. The van der Waals surface area contributed by atoms with E-state index in [1.54, 1.807) is 7.11 Å². The van der Waals surface area contributed by atoms with E-state index in [1.807, 2.05) is 11.8 Å². The van der Waals surface area contributed by atoms with Crippen LogP contribution in [0.15, 0.2) is 12.1 Å². The van der Waals surface area contributed by atoms with Crippen LogP contribution in [-0.4, -0.2) is 18.1 Å². The Kier molecular flexibility index (Phi) is 5.99. The van der Waals surface area contributed by atoms with Crippen LogP contribution in [-0.2, 0) is 0 Å². The number of hydrogen-bond acceptors (Lipinski definition) is 4. The van der Waals surface area contributed by atoms with Crippen molar-refractivity contribution in [1.82, 2.24) is 5.43 Å². The first kappa shape index (κ1) is 15.3. The second-order valence-electron chi connectivity index (χ2n) is 4.73. The molecule has 0 aliphatic rings. The number of benzene rings is 1. The monoisotopic (exact) mass is 268 g/mol. The molecule has 0 radical (unpaired) electrons. The summed E-state index contributed by atoms with van der Waals surface area (Å²) in [6.45, 7) is 8.56. The fourth-order valence-electron chi connectivity index (χ4n) is 1.87. The van der Waals surface area contributed by atoms with Gasteiger partial charge in [0.05, 0.1) is 13.2 Å². The van der Waals surface area contributed by atoms with Gasteiger partial charge in [-0.25, -0.2) is 0 Å². The zero-order chi connectivity index (χ0) is 13.7. The van der Waals surface area contributed by atoms with E-state index in [2.05, 4.69) is 45.3 Å². The SMILES string of the molecule is COc1c(C(CSC(C)C)NN)ccc(C)c1C. The number of hydrazine groups is 1. The number of nitrogens with one attached hydrogen (secondary N) is 1. The third-order valence-corrected chi connectivity index (χ3v) is 4.28. The minimum Gasteiger partial charge on any atom is -0.496 e. The minimum absolute atomic E-state index is 0.117. The van der Waals surface area contributed by atoms with E-state index in [0.717, 1.165) is 17.1 Å². The molecule has 0 aromatic heterocycles. The molecule has 102 valence electrons. The quantitative estimate of drug-likeness (QED) is 0.615. The molecule has 1 aromatic carbocycles. The summed E-state index contributed by atoms with van der Waals surface area (Å²) in [6.07, 6.45) is 0. The van der Waals surface area contributed by atoms with Crippen LogP contribution < -0.4 is 16.0 Å². The van der Waals surface area contributed by atoms with E-state index in [4.69, 9.17) is 10.6 Å². The molecule has 0 spiro atoms. The first-order valence-corrected chi connectivity index (χ1v) is 7.28. The van der Waals surface area contributed by atoms with Crippen molar-refractivity contribution in [2.75, 3.05) is 12.9 Å². The van der Waals surface area contributed by atoms with Gasteiger partial charge >= 0.3 is 0 Å². The Hall–Kier alpha value is -0.710. The summed E-state index contributed by atoms with van der Waals surface area (Å²) < 4.78 is 5.54. The van der Waals surface area contributed by atoms with Gasteiger partial charge in [0, 0.05) is 11.3 Å². The molecular weight excluding hydrogens is 244 g/mol. The lowest BCUT2D eigenvalue weighted by Crippen LogP contribution is -2.30. The standard InChI is InChI=1S/C14H24N2OS/c1-9(2)18-8-13(16-15)12-7-6-10(3)11(4)14(12)17-5/h6-7,9,13,16H,8,15H2,1-5H3. The van der Waals surface area contributed by atoms with Gasteiger partial charge in [-0.1, -0.05) is 26.0 Å². The van der Waals surface area contributed by atoms with Crippen molar-refractivity contribution in [3.63, 3.8) is 0 Å². The van der Waals surface area contributed by atoms with E-state index >= 15 is 0 Å². The molecule has 0 saturated carbocycles. The van der Waals surface area contributed by atoms with Crippen molar-refractivity contribution in [2.45, 2.75) is 39.0 Å². The van der Waals surface area contributed by atoms with Gasteiger partial charge in [-0.3, -0.25) is 11.3 Å². The number of nitrogens with two attached hydrogens (primary N) is 1. The van der Waals surface area contributed by atoms with E-state index in [0.29, 0.717) is 5.25 Å². The highest BCUT2D eigenvalue weighted by molar-refractivity contribution is 7.99. The van der Waals surface area contributed by atoms with Crippen LogP contribution in [0.3, 0.4) is 0 Å². The lowest BCUT2D eigenvalue weighted by atomic mass is 10.0. The van der Waals surface area contributed by atoms with Gasteiger partial charge in [0.25, 0.3) is 0 Å². The van der Waals surface area contributed by atoms with Crippen molar-refractivity contribution in [1.29, 1.82) is 0 Å². The number of rotatable bonds is 6. The Morgan fingerprint density at radius 3 is 2.50 bits per heavy atom. The first-order chi connectivity index (χ1) is 8.51. The highest BCUT2D eigenvalue weighted by atomic mass is 32.2. The van der Waals surface area contributed by atoms with Crippen LogP contribution in [0, 0.1) is 13.8 Å². The third-order valence-electron chi connectivity index (χ3n) is 3.08. The molecule has 4 heteroatoms. The molecule has 3 N–H and O–H groups in total. The van der Waals surface area contributed by atoms with Crippen LogP contribution >= 0.6 is 11.8 Å². The molecule has 3 nitrogen and oxygen atoms in total. The van der Waals surface area contributed by atoms with Gasteiger partial charge < -0.3 is 4.74 Å². The molecule has 1 rings (SSSR count). The lowest BCUT2D eigenvalue weighted by Gasteiger charge is -2.21. The Bertz CT molecular complexity index is 394. The molecule has 1 unspecified atom stereocenters. The molecule has 1 atom stereocenters. The maximum Gasteiger partial charge on any atom is 0.126 e. The molecule has 0 amide bonds. The van der Waals surface area contributed by atoms with Crippen molar-refractivity contribution < 1.29 is 4.74 Å². The smallest absolute Gasteiger partial charge is 0.126 e. The number of thioether (sulfide) groups is 1. The normalized spacial score (nSPS) is 12.8. The van der Waals surface area contributed by atoms with Crippen molar-refractivity contribution in [3.8, 4) is 5.75 Å². The first-order valence-electron chi connectivity index (χ1n) is 6.23. The second kappa shape index (κ2) is 7.02. The maximum atomic E-state index is 5.68. The largest absolute Gasteiger partial charge is 0.496 e. The van der Waals surface area contributed by atoms with Crippen LogP contribution in [0.25, 0.3) is 0 Å². The van der Waals surface area contributed by atoms with E-state index in [1.165, 1.54) is 11.1 Å². The molecule has 0 aliphatic heterocycles. The fourth-order valence-corrected chi connectivity index (χ4v) is 2.73. The van der Waals surface area contributed by atoms with E-state index in [-0.39, 0.29) is 6.04 Å². The van der Waals surface area contributed by atoms with Crippen LogP contribution in [0.2, 0.25) is 0 Å². The molecule has 18 heavy (non-hydrogen) atoms. The van der Waals surface area contributed by atoms with Crippen LogP contribution in [0.4, 0.5) is 0 Å². The van der Waals surface area contributed by atoms with Gasteiger partial charge in [-0.15, -0.1) is 0 Å². The predicted octanol–water partition coefficient (Wildman–Crippen LogP) is 2.96. The van der Waals surface area contributed by atoms with Crippen molar-refractivity contribution in [2.24, 2.45) is 5.84 Å². The number of hydrogen-bond donors (Lipinski definition) is 2. The highest BCUT2D eigenvalue weighted by Gasteiger charge is 2.17. The Morgan fingerprint density at radius 1 is 1.33 bits per heavy atom. The van der Waals surface area contributed by atoms with Gasteiger partial charge in [-0.2, -0.15) is 11.8 Å². The topological polar surface area (TPSA) is 47.3 Å². The summed E-state index contributed by atoms with van der Waals surface area (Å²) in [6, 6.07) is 4.34. The van der Waals surface area contributed by atoms with Crippen molar-refractivity contribution in [3.05, 3.63) is 28.8 Å². The summed E-state index contributed by atoms with van der Waals surface area (Å²) in [5.74, 6) is 7.57. The minimum atomic E-state index is 0.117. The fraction of sp³-hybridized carbons (Fsp3) is 0.571. The highest BCUT2D eigenvalue weighted by Crippen LogP contribution is 2.32. The van der Waals surface area contributed by atoms with Crippen molar-refractivity contribution >= 4 is 11.8 Å². The summed E-state index contributed by atoms with van der Waals surface area (Å²) >= 11 is 1.89. The molecule has 1 aromatic rings. The molecule has 0 aliphatic carbocycles. The predicted molar refractivity (Wildman–Crippen MR) is 80.1 cm³/mol. The van der Waals surface area contributed by atoms with E-state index < -0.39 is 0 Å². The molecule has 0 fully saturated rings. The zero-order valence-corrected chi connectivity index (χ0v) is 12.7. The van der Waals surface area contributed by atoms with Gasteiger partial charge in [0.2, 0.25) is 0 Å². The average Bonchev–Trinajstić information content (AvgIpc) is 2.34. The summed E-state index contributed by atoms with van der Waals surface area (Å²) in [5, 5.41) is 0.596. The van der Waals surface area contributed by atoms with E-state index in [9.17, 15) is 0 Å². The molecule has 0 bridgehead atoms. The number of methoxy groups -OCH3 is 1. The van der Waals surface area contributed by atoms with Gasteiger partial charge in [0.1, 0.15) is 5.75 Å². The number of aryl methyl sites for hydroxylation is 1. The summed E-state index contributed by atoms with van der Waals surface area (Å²) in [4.78, 5) is 0. The Balaban J connectivity index is 3.01. The summed E-state index contributed by atoms with van der Waals surface area (Å²) in [5.41, 5.74) is 6.45. The summed E-state index contributed by atoms with van der Waals surface area (Å²) in [7, 11) is 1.72. The Morgan fingerprint density at radius 2 is 2.00 bits per heavy atom. The van der Waals surface area contributed by atoms with Crippen LogP contribution in [0.5, 0.6) is 5.75 Å². The molecule has 0 saturated heterocycles. The molecular formula is C14H24N2OS. The second-order valence-corrected chi connectivity index (χ2v) is 6.34. The van der Waals surface area contributed by atoms with Crippen LogP contribution in [0.1, 0.15) is 36.6 Å². The lowest BCUT2D eigenvalue weighted by molar-refractivity contribution is 0.399. The Labute approximate surface area is 114 Å². The zero-order valence-electron chi connectivity index (χ0n) is 11.9. The average molecular weight is 268 g/mol. The van der Waals surface area contributed by atoms with Gasteiger partial charge in [-0.05, 0) is 30.2 Å².